The van der Waals surface area contributed by atoms with E-state index < -0.39 is 0 Å². The maximum absolute atomic E-state index is 10.2. The number of carbonyl (C=O) groups is 1. The fourth-order valence-corrected chi connectivity index (χ4v) is 2.71. The second-order valence-electron chi connectivity index (χ2n) is 6.24. The zero-order chi connectivity index (χ0) is 17.6. The summed E-state index contributed by atoms with van der Waals surface area (Å²) in [5, 5.41) is 3.25. The number of hydrogen-bond acceptors (Lipinski definition) is 3. The Kier molecular flexibility index (Phi) is 9.42. The van der Waals surface area contributed by atoms with Gasteiger partial charge in [-0.05, 0) is 61.9 Å². The van der Waals surface area contributed by atoms with Crippen molar-refractivity contribution in [2.24, 2.45) is 0 Å². The molecule has 0 saturated heterocycles. The SMILES string of the molecule is O=CCCNCCc1ccc(OCCCCCc2ccccc2)cc1. The number of aryl methyl sites for hydroxylation is 1. The molecule has 0 fully saturated rings. The zero-order valence-electron chi connectivity index (χ0n) is 15.0. The lowest BCUT2D eigenvalue weighted by atomic mass is 10.1. The smallest absolute Gasteiger partial charge is 0.121 e. The number of nitrogens with one attached hydrogen (secondary N) is 1. The van der Waals surface area contributed by atoms with Crippen LogP contribution in [0, 0.1) is 0 Å². The van der Waals surface area contributed by atoms with Gasteiger partial charge in [-0.15, -0.1) is 0 Å². The summed E-state index contributed by atoms with van der Waals surface area (Å²) in [7, 11) is 0. The van der Waals surface area contributed by atoms with E-state index in [9.17, 15) is 4.79 Å². The van der Waals surface area contributed by atoms with Gasteiger partial charge in [0.25, 0.3) is 0 Å². The summed E-state index contributed by atoms with van der Waals surface area (Å²) >= 11 is 0. The maximum atomic E-state index is 10.2. The van der Waals surface area contributed by atoms with Crippen molar-refractivity contribution in [3.8, 4) is 5.75 Å². The molecule has 0 radical (unpaired) electrons. The predicted molar refractivity (Wildman–Crippen MR) is 103 cm³/mol. The molecule has 0 saturated carbocycles. The number of rotatable bonds is 13. The Morgan fingerprint density at radius 3 is 2.32 bits per heavy atom. The molecule has 25 heavy (non-hydrogen) atoms. The summed E-state index contributed by atoms with van der Waals surface area (Å²) in [4.78, 5) is 10.2. The third-order valence-corrected chi connectivity index (χ3v) is 4.17. The first-order chi connectivity index (χ1) is 12.4. The first kappa shape index (κ1) is 19.2. The van der Waals surface area contributed by atoms with Gasteiger partial charge >= 0.3 is 0 Å². The standard InChI is InChI=1S/C22H29NO2/c24-18-7-16-23-17-15-21-11-13-22(14-12-21)25-19-6-2-5-10-20-8-3-1-4-9-20/h1,3-4,8-9,11-14,18,23H,2,5-7,10,15-17,19H2. The van der Waals surface area contributed by atoms with Crippen molar-refractivity contribution in [1.29, 1.82) is 0 Å². The molecule has 3 heteroatoms. The van der Waals surface area contributed by atoms with Crippen LogP contribution in [0.5, 0.6) is 5.75 Å². The van der Waals surface area contributed by atoms with Crippen LogP contribution in [0.2, 0.25) is 0 Å². The Morgan fingerprint density at radius 2 is 1.56 bits per heavy atom. The highest BCUT2D eigenvalue weighted by molar-refractivity contribution is 5.49. The molecule has 2 rings (SSSR count). The van der Waals surface area contributed by atoms with Crippen molar-refractivity contribution < 1.29 is 9.53 Å². The van der Waals surface area contributed by atoms with Gasteiger partial charge in [0.1, 0.15) is 12.0 Å². The molecule has 1 N–H and O–H groups in total. The van der Waals surface area contributed by atoms with Crippen LogP contribution in [0.15, 0.2) is 54.6 Å². The highest BCUT2D eigenvalue weighted by Gasteiger charge is 1.97. The maximum Gasteiger partial charge on any atom is 0.121 e. The molecule has 3 nitrogen and oxygen atoms in total. The molecule has 0 bridgehead atoms. The molecule has 2 aromatic carbocycles. The first-order valence-electron chi connectivity index (χ1n) is 9.28. The van der Waals surface area contributed by atoms with Crippen LogP contribution >= 0.6 is 0 Å². The molecule has 0 aliphatic heterocycles. The van der Waals surface area contributed by atoms with Gasteiger partial charge in [0.15, 0.2) is 0 Å². The van der Waals surface area contributed by atoms with Crippen LogP contribution in [-0.4, -0.2) is 26.0 Å². The fourth-order valence-electron chi connectivity index (χ4n) is 2.71. The lowest BCUT2D eigenvalue weighted by Gasteiger charge is -2.08. The molecule has 0 amide bonds. The van der Waals surface area contributed by atoms with Crippen LogP contribution in [0.25, 0.3) is 0 Å². The van der Waals surface area contributed by atoms with Gasteiger partial charge in [-0.3, -0.25) is 0 Å². The summed E-state index contributed by atoms with van der Waals surface area (Å²) in [6.45, 7) is 2.44. The molecule has 0 heterocycles. The van der Waals surface area contributed by atoms with Gasteiger partial charge in [-0.25, -0.2) is 0 Å². The van der Waals surface area contributed by atoms with Gasteiger partial charge in [-0.1, -0.05) is 42.5 Å². The van der Waals surface area contributed by atoms with E-state index in [2.05, 4.69) is 47.8 Å². The van der Waals surface area contributed by atoms with E-state index in [-0.39, 0.29) is 0 Å². The van der Waals surface area contributed by atoms with Gasteiger partial charge in [0, 0.05) is 13.0 Å². The Balaban J connectivity index is 1.53. The molecule has 2 aromatic rings. The third-order valence-electron chi connectivity index (χ3n) is 4.17. The minimum Gasteiger partial charge on any atom is -0.494 e. The first-order valence-corrected chi connectivity index (χ1v) is 9.28. The summed E-state index contributed by atoms with van der Waals surface area (Å²) in [5.41, 5.74) is 2.70. The summed E-state index contributed by atoms with van der Waals surface area (Å²) in [6, 6.07) is 19.0. The number of aldehydes is 1. The number of hydrogen-bond donors (Lipinski definition) is 1. The predicted octanol–water partition coefficient (Wildman–Crippen LogP) is 4.20. The molecule has 0 aliphatic rings. The lowest BCUT2D eigenvalue weighted by Crippen LogP contribution is -2.18. The van der Waals surface area contributed by atoms with Gasteiger partial charge in [0.2, 0.25) is 0 Å². The van der Waals surface area contributed by atoms with Gasteiger partial charge < -0.3 is 14.8 Å². The molecule has 134 valence electrons. The monoisotopic (exact) mass is 339 g/mol. The van der Waals surface area contributed by atoms with E-state index in [1.807, 2.05) is 12.1 Å². The van der Waals surface area contributed by atoms with Crippen LogP contribution < -0.4 is 10.1 Å². The van der Waals surface area contributed by atoms with Gasteiger partial charge in [0.05, 0.1) is 6.61 Å². The molecule has 0 atom stereocenters. The van der Waals surface area contributed by atoms with E-state index in [4.69, 9.17) is 4.74 Å². The summed E-state index contributed by atoms with van der Waals surface area (Å²) < 4.78 is 5.82. The fraction of sp³-hybridized carbons (Fsp3) is 0.409. The molecule has 0 aromatic heterocycles. The van der Waals surface area contributed by atoms with E-state index in [0.717, 1.165) is 51.0 Å². The summed E-state index contributed by atoms with van der Waals surface area (Å²) in [5.74, 6) is 0.945. The normalized spacial score (nSPS) is 10.6. The number of benzene rings is 2. The van der Waals surface area contributed by atoms with Crippen molar-refractivity contribution >= 4 is 6.29 Å². The average molecular weight is 339 g/mol. The van der Waals surface area contributed by atoms with Crippen molar-refractivity contribution in [3.05, 3.63) is 65.7 Å². The summed E-state index contributed by atoms with van der Waals surface area (Å²) in [6.07, 6.45) is 7.14. The van der Waals surface area contributed by atoms with E-state index in [1.54, 1.807) is 0 Å². The molecule has 0 aliphatic carbocycles. The minimum atomic E-state index is 0.581. The van der Waals surface area contributed by atoms with Crippen LogP contribution in [0.1, 0.15) is 36.8 Å². The number of unbranched alkanes of at least 4 members (excludes halogenated alkanes) is 2. The largest absolute Gasteiger partial charge is 0.494 e. The van der Waals surface area contributed by atoms with Crippen LogP contribution in [0.4, 0.5) is 0 Å². The highest BCUT2D eigenvalue weighted by atomic mass is 16.5. The Hall–Kier alpha value is -2.13. The second kappa shape index (κ2) is 12.3. The minimum absolute atomic E-state index is 0.581. The van der Waals surface area contributed by atoms with Crippen molar-refractivity contribution in [1.82, 2.24) is 5.32 Å². The van der Waals surface area contributed by atoms with Crippen molar-refractivity contribution in [2.75, 3.05) is 19.7 Å². The van der Waals surface area contributed by atoms with E-state index >= 15 is 0 Å². The van der Waals surface area contributed by atoms with Crippen LogP contribution in [-0.2, 0) is 17.6 Å². The number of ether oxygens (including phenoxy) is 1. The molecule has 0 spiro atoms. The zero-order valence-corrected chi connectivity index (χ0v) is 15.0. The molecular weight excluding hydrogens is 310 g/mol. The van der Waals surface area contributed by atoms with E-state index in [1.165, 1.54) is 24.0 Å². The van der Waals surface area contributed by atoms with Crippen molar-refractivity contribution in [3.63, 3.8) is 0 Å². The molecule has 0 unspecified atom stereocenters. The number of carbonyl (C=O) groups excluding carboxylic acids is 1. The Bertz CT molecular complexity index is 581. The lowest BCUT2D eigenvalue weighted by molar-refractivity contribution is -0.107. The molecular formula is C22H29NO2. The highest BCUT2D eigenvalue weighted by Crippen LogP contribution is 2.13. The topological polar surface area (TPSA) is 38.3 Å². The van der Waals surface area contributed by atoms with Gasteiger partial charge in [-0.2, -0.15) is 0 Å². The Labute approximate surface area is 151 Å². The average Bonchev–Trinajstić information content (AvgIpc) is 2.66. The quantitative estimate of drug-likeness (QED) is 0.439. The third kappa shape index (κ3) is 8.50. The van der Waals surface area contributed by atoms with E-state index in [0.29, 0.717) is 6.42 Å². The van der Waals surface area contributed by atoms with Crippen LogP contribution in [0.3, 0.4) is 0 Å². The van der Waals surface area contributed by atoms with Crippen molar-refractivity contribution in [2.45, 2.75) is 38.5 Å². The Morgan fingerprint density at radius 1 is 0.800 bits per heavy atom. The second-order valence-corrected chi connectivity index (χ2v) is 6.24.